The molecule has 2 aromatic carbocycles. The van der Waals surface area contributed by atoms with E-state index in [9.17, 15) is 4.79 Å². The summed E-state index contributed by atoms with van der Waals surface area (Å²) in [4.78, 5) is 16.1. The van der Waals surface area contributed by atoms with Gasteiger partial charge in [-0.3, -0.25) is 0 Å². The Bertz CT molecular complexity index is 1080. The third-order valence-corrected chi connectivity index (χ3v) is 4.95. The number of aromatic nitrogens is 1. The fourth-order valence-electron chi connectivity index (χ4n) is 2.99. The SMILES string of the molecule is CCOC(=O)C(C)=Cc1cc(C)c(Oc2ccc(OCc3ccc(C)cc3)cn2)c(Cl)c1. The molecule has 0 spiro atoms. The molecule has 0 N–H and O–H groups in total. The topological polar surface area (TPSA) is 57.7 Å². The molecule has 0 fully saturated rings. The Morgan fingerprint density at radius 1 is 1.09 bits per heavy atom. The quantitative estimate of drug-likeness (QED) is 0.282. The van der Waals surface area contributed by atoms with Crippen LogP contribution in [0, 0.1) is 13.8 Å². The molecular weight excluding hydrogens is 426 g/mol. The van der Waals surface area contributed by atoms with E-state index in [1.165, 1.54) is 5.56 Å². The summed E-state index contributed by atoms with van der Waals surface area (Å²) in [5.74, 6) is 1.22. The molecule has 3 aromatic rings. The number of rotatable bonds is 8. The standard InChI is InChI=1S/C26H26ClNO4/c1-5-30-26(29)19(4)13-21-12-18(3)25(23(27)14-21)32-24-11-10-22(15-28-24)31-16-20-8-6-17(2)7-9-20/h6-15H,5,16H2,1-4H3. The lowest BCUT2D eigenvalue weighted by molar-refractivity contribution is -0.138. The second-order valence-corrected chi connectivity index (χ2v) is 7.81. The van der Waals surface area contributed by atoms with Crippen molar-refractivity contribution in [3.63, 3.8) is 0 Å². The van der Waals surface area contributed by atoms with Crippen molar-refractivity contribution in [1.29, 1.82) is 0 Å². The maximum Gasteiger partial charge on any atom is 0.333 e. The third kappa shape index (κ3) is 6.34. The van der Waals surface area contributed by atoms with Gasteiger partial charge in [-0.1, -0.05) is 41.4 Å². The zero-order valence-electron chi connectivity index (χ0n) is 18.6. The molecule has 0 amide bonds. The highest BCUT2D eigenvalue weighted by Crippen LogP contribution is 2.34. The van der Waals surface area contributed by atoms with E-state index >= 15 is 0 Å². The maximum atomic E-state index is 11.8. The molecule has 0 atom stereocenters. The van der Waals surface area contributed by atoms with Gasteiger partial charge in [0.1, 0.15) is 12.4 Å². The number of benzene rings is 2. The van der Waals surface area contributed by atoms with Gasteiger partial charge < -0.3 is 14.2 Å². The minimum atomic E-state index is -0.351. The van der Waals surface area contributed by atoms with Gasteiger partial charge in [0.2, 0.25) is 5.88 Å². The molecule has 0 bridgehead atoms. The van der Waals surface area contributed by atoms with E-state index in [-0.39, 0.29) is 5.97 Å². The van der Waals surface area contributed by atoms with Gasteiger partial charge in [-0.15, -0.1) is 0 Å². The first kappa shape index (κ1) is 23.4. The zero-order chi connectivity index (χ0) is 23.1. The molecule has 6 heteroatoms. The second kappa shape index (κ2) is 10.8. The first-order valence-corrected chi connectivity index (χ1v) is 10.7. The summed E-state index contributed by atoms with van der Waals surface area (Å²) in [6.07, 6.45) is 3.35. The number of pyridine rings is 1. The van der Waals surface area contributed by atoms with Gasteiger partial charge in [-0.25, -0.2) is 9.78 Å². The maximum absolute atomic E-state index is 11.8. The number of esters is 1. The lowest BCUT2D eigenvalue weighted by atomic mass is 10.1. The number of hydrogen-bond donors (Lipinski definition) is 0. The van der Waals surface area contributed by atoms with Crippen LogP contribution in [0.1, 0.15) is 36.1 Å². The first-order valence-electron chi connectivity index (χ1n) is 10.3. The Morgan fingerprint density at radius 2 is 1.84 bits per heavy atom. The highest BCUT2D eigenvalue weighted by atomic mass is 35.5. The van der Waals surface area contributed by atoms with Gasteiger partial charge in [0.25, 0.3) is 0 Å². The Balaban J connectivity index is 1.67. The van der Waals surface area contributed by atoms with Crippen molar-refractivity contribution < 1.29 is 19.0 Å². The Hall–Kier alpha value is -3.31. The molecule has 1 heterocycles. The molecule has 3 rings (SSSR count). The summed E-state index contributed by atoms with van der Waals surface area (Å²) in [5, 5.41) is 0.425. The van der Waals surface area contributed by atoms with Crippen molar-refractivity contribution in [1.82, 2.24) is 4.98 Å². The van der Waals surface area contributed by atoms with Crippen LogP contribution in [0.2, 0.25) is 5.02 Å². The van der Waals surface area contributed by atoms with Gasteiger partial charge in [0.05, 0.1) is 17.8 Å². The fourth-order valence-corrected chi connectivity index (χ4v) is 3.31. The van der Waals surface area contributed by atoms with Gasteiger partial charge >= 0.3 is 5.97 Å². The molecule has 0 aliphatic carbocycles. The molecule has 0 saturated carbocycles. The van der Waals surface area contributed by atoms with E-state index in [0.29, 0.717) is 41.2 Å². The molecule has 0 radical (unpaired) electrons. The smallest absolute Gasteiger partial charge is 0.333 e. The van der Waals surface area contributed by atoms with Crippen LogP contribution in [0.5, 0.6) is 17.4 Å². The highest BCUT2D eigenvalue weighted by molar-refractivity contribution is 6.32. The summed E-state index contributed by atoms with van der Waals surface area (Å²) in [7, 11) is 0. The summed E-state index contributed by atoms with van der Waals surface area (Å²) >= 11 is 6.45. The average Bonchev–Trinajstić information content (AvgIpc) is 2.77. The lowest BCUT2D eigenvalue weighted by Gasteiger charge is -2.12. The van der Waals surface area contributed by atoms with Gasteiger partial charge in [-0.2, -0.15) is 0 Å². The van der Waals surface area contributed by atoms with Crippen LogP contribution in [0.3, 0.4) is 0 Å². The molecule has 0 aliphatic heterocycles. The number of hydrogen-bond acceptors (Lipinski definition) is 5. The molecule has 32 heavy (non-hydrogen) atoms. The number of aryl methyl sites for hydroxylation is 2. The van der Waals surface area contributed by atoms with Crippen LogP contribution >= 0.6 is 11.6 Å². The lowest BCUT2D eigenvalue weighted by Crippen LogP contribution is -2.04. The van der Waals surface area contributed by atoms with Crippen molar-refractivity contribution in [3.8, 4) is 17.4 Å². The van der Waals surface area contributed by atoms with E-state index < -0.39 is 0 Å². The normalized spacial score (nSPS) is 11.2. The largest absolute Gasteiger partial charge is 0.487 e. The van der Waals surface area contributed by atoms with Crippen LogP contribution in [0.4, 0.5) is 0 Å². The molecular formula is C26H26ClNO4. The Morgan fingerprint density at radius 3 is 2.47 bits per heavy atom. The highest BCUT2D eigenvalue weighted by Gasteiger charge is 2.11. The Kier molecular flexibility index (Phi) is 7.90. The van der Waals surface area contributed by atoms with E-state index in [1.807, 2.05) is 25.1 Å². The van der Waals surface area contributed by atoms with Crippen molar-refractivity contribution in [2.45, 2.75) is 34.3 Å². The van der Waals surface area contributed by atoms with Gasteiger partial charge in [0.15, 0.2) is 5.75 Å². The first-order chi connectivity index (χ1) is 15.4. The number of carbonyl (C=O) groups excluding carboxylic acids is 1. The van der Waals surface area contributed by atoms with Gasteiger partial charge in [-0.05, 0) is 68.7 Å². The number of halogens is 1. The fraction of sp³-hybridized carbons (Fsp3) is 0.231. The summed E-state index contributed by atoms with van der Waals surface area (Å²) in [6.45, 7) is 8.22. The van der Waals surface area contributed by atoms with Crippen molar-refractivity contribution in [2.75, 3.05) is 6.61 Å². The van der Waals surface area contributed by atoms with Gasteiger partial charge in [0, 0.05) is 11.6 Å². The third-order valence-electron chi connectivity index (χ3n) is 4.67. The molecule has 0 unspecified atom stereocenters. The minimum Gasteiger partial charge on any atom is -0.487 e. The average molecular weight is 452 g/mol. The summed E-state index contributed by atoms with van der Waals surface area (Å²) in [5.41, 5.74) is 4.41. The van der Waals surface area contributed by atoms with Crippen LogP contribution in [0.15, 0.2) is 60.3 Å². The molecule has 5 nitrogen and oxygen atoms in total. The van der Waals surface area contributed by atoms with Crippen LogP contribution in [-0.2, 0) is 16.1 Å². The monoisotopic (exact) mass is 451 g/mol. The van der Waals surface area contributed by atoms with E-state index in [1.54, 1.807) is 44.3 Å². The van der Waals surface area contributed by atoms with Crippen LogP contribution in [-0.4, -0.2) is 17.6 Å². The van der Waals surface area contributed by atoms with Crippen molar-refractivity contribution >= 4 is 23.6 Å². The van der Waals surface area contributed by atoms with Crippen LogP contribution in [0.25, 0.3) is 6.08 Å². The minimum absolute atomic E-state index is 0.333. The predicted molar refractivity (Wildman–Crippen MR) is 126 cm³/mol. The number of carbonyl (C=O) groups is 1. The summed E-state index contributed by atoms with van der Waals surface area (Å²) < 4.78 is 16.7. The van der Waals surface area contributed by atoms with Crippen molar-refractivity contribution in [2.24, 2.45) is 0 Å². The van der Waals surface area contributed by atoms with Crippen molar-refractivity contribution in [3.05, 3.63) is 87.6 Å². The van der Waals surface area contributed by atoms with E-state index in [2.05, 4.69) is 24.0 Å². The Labute approximate surface area is 193 Å². The molecule has 1 aromatic heterocycles. The van der Waals surface area contributed by atoms with E-state index in [0.717, 1.165) is 16.7 Å². The molecule has 0 aliphatic rings. The number of ether oxygens (including phenoxy) is 3. The molecule has 0 saturated heterocycles. The van der Waals surface area contributed by atoms with E-state index in [4.69, 9.17) is 25.8 Å². The predicted octanol–water partition coefficient (Wildman–Crippen LogP) is 6.69. The second-order valence-electron chi connectivity index (χ2n) is 7.41. The van der Waals surface area contributed by atoms with Crippen LogP contribution < -0.4 is 9.47 Å². The zero-order valence-corrected chi connectivity index (χ0v) is 19.4. The summed E-state index contributed by atoms with van der Waals surface area (Å²) in [6, 6.07) is 15.4. The molecule has 166 valence electrons. The number of nitrogens with zero attached hydrogens (tertiary/aromatic N) is 1.